The van der Waals surface area contributed by atoms with E-state index in [-0.39, 0.29) is 16.9 Å². The molecule has 0 aromatic heterocycles. The van der Waals surface area contributed by atoms with Crippen molar-refractivity contribution in [2.24, 2.45) is 0 Å². The Kier molecular flexibility index (Phi) is 5.25. The summed E-state index contributed by atoms with van der Waals surface area (Å²) in [5, 5.41) is 17.6. The molecule has 108 valence electrons. The number of hydrogen-bond acceptors (Lipinski definition) is 4. The molecule has 1 atom stereocenters. The Morgan fingerprint density at radius 3 is 2.65 bits per heavy atom. The molecule has 6 nitrogen and oxygen atoms in total. The Hall–Kier alpha value is -1.91. The average Bonchev–Trinajstić information content (AvgIpc) is 2.37. The van der Waals surface area contributed by atoms with Gasteiger partial charge in [-0.05, 0) is 31.0 Å². The van der Waals surface area contributed by atoms with Gasteiger partial charge >= 0.3 is 5.97 Å². The highest BCUT2D eigenvalue weighted by molar-refractivity contribution is 7.89. The van der Waals surface area contributed by atoms with Crippen molar-refractivity contribution in [1.82, 2.24) is 4.72 Å². The zero-order chi connectivity index (χ0) is 15.3. The van der Waals surface area contributed by atoms with Crippen LogP contribution < -0.4 is 4.72 Å². The number of aromatic carboxylic acids is 1. The quantitative estimate of drug-likeness (QED) is 0.830. The molecule has 20 heavy (non-hydrogen) atoms. The van der Waals surface area contributed by atoms with E-state index in [1.807, 2.05) is 6.07 Å². The van der Waals surface area contributed by atoms with Crippen LogP contribution in [-0.2, 0) is 10.0 Å². The summed E-state index contributed by atoms with van der Waals surface area (Å²) in [4.78, 5) is 10.8. The van der Waals surface area contributed by atoms with Crippen molar-refractivity contribution in [3.05, 3.63) is 29.3 Å². The minimum absolute atomic E-state index is 0.0629. The molecular weight excluding hydrogens is 280 g/mol. The van der Waals surface area contributed by atoms with Crippen LogP contribution in [0, 0.1) is 18.3 Å². The first-order valence-corrected chi connectivity index (χ1v) is 7.53. The van der Waals surface area contributed by atoms with E-state index in [0.29, 0.717) is 12.0 Å². The molecule has 7 heteroatoms. The summed E-state index contributed by atoms with van der Waals surface area (Å²) in [6, 6.07) is 5.35. The van der Waals surface area contributed by atoms with Crippen LogP contribution in [0.2, 0.25) is 0 Å². The van der Waals surface area contributed by atoms with E-state index in [4.69, 9.17) is 10.4 Å². The van der Waals surface area contributed by atoms with Gasteiger partial charge in [0.25, 0.3) is 0 Å². The highest BCUT2D eigenvalue weighted by Crippen LogP contribution is 2.18. The number of nitriles is 1. The lowest BCUT2D eigenvalue weighted by Crippen LogP contribution is -2.34. The van der Waals surface area contributed by atoms with Gasteiger partial charge in [0, 0.05) is 6.04 Å². The molecule has 0 saturated carbocycles. The molecule has 0 bridgehead atoms. The second-order valence-corrected chi connectivity index (χ2v) is 6.06. The van der Waals surface area contributed by atoms with Crippen molar-refractivity contribution in [2.45, 2.75) is 37.6 Å². The minimum Gasteiger partial charge on any atom is -0.478 e. The second-order valence-electron chi connectivity index (χ2n) is 4.37. The van der Waals surface area contributed by atoms with E-state index in [2.05, 4.69) is 4.72 Å². The van der Waals surface area contributed by atoms with Gasteiger partial charge < -0.3 is 5.11 Å². The van der Waals surface area contributed by atoms with Crippen molar-refractivity contribution in [2.75, 3.05) is 0 Å². The van der Waals surface area contributed by atoms with Gasteiger partial charge in [0.2, 0.25) is 10.0 Å². The molecule has 0 amide bonds. The van der Waals surface area contributed by atoms with Crippen LogP contribution in [0.4, 0.5) is 0 Å². The summed E-state index contributed by atoms with van der Waals surface area (Å²) in [7, 11) is -3.84. The average molecular weight is 296 g/mol. The van der Waals surface area contributed by atoms with Crippen molar-refractivity contribution < 1.29 is 18.3 Å². The fraction of sp³-hybridized carbons (Fsp3) is 0.385. The Balaban J connectivity index is 3.18. The number of sulfonamides is 1. The molecule has 0 radical (unpaired) electrons. The predicted octanol–water partition coefficient (Wildman–Crippen LogP) is 1.66. The third kappa shape index (κ3) is 3.79. The van der Waals surface area contributed by atoms with Crippen LogP contribution in [0.25, 0.3) is 0 Å². The van der Waals surface area contributed by atoms with Gasteiger partial charge in [-0.25, -0.2) is 17.9 Å². The molecule has 0 aliphatic heterocycles. The van der Waals surface area contributed by atoms with Gasteiger partial charge in [0.1, 0.15) is 0 Å². The van der Waals surface area contributed by atoms with Gasteiger partial charge in [0.05, 0.1) is 22.9 Å². The maximum absolute atomic E-state index is 12.3. The van der Waals surface area contributed by atoms with Crippen LogP contribution in [-0.4, -0.2) is 25.5 Å². The standard InChI is InChI=1S/C13H16N2O4S/c1-3-11(6-7-14)15-20(18,19)12-8-10(13(16)17)5-4-9(12)2/h4-5,8,11,15H,3,6H2,1-2H3,(H,16,17). The van der Waals surface area contributed by atoms with Gasteiger partial charge in [0.15, 0.2) is 0 Å². The summed E-state index contributed by atoms with van der Waals surface area (Å²) >= 11 is 0. The summed E-state index contributed by atoms with van der Waals surface area (Å²) < 4.78 is 26.9. The third-order valence-corrected chi connectivity index (χ3v) is 4.54. The monoisotopic (exact) mass is 296 g/mol. The molecular formula is C13H16N2O4S. The van der Waals surface area contributed by atoms with Gasteiger partial charge in [-0.1, -0.05) is 13.0 Å². The van der Waals surface area contributed by atoms with E-state index in [1.165, 1.54) is 12.1 Å². The largest absolute Gasteiger partial charge is 0.478 e. The molecule has 2 N–H and O–H groups in total. The summed E-state index contributed by atoms with van der Waals surface area (Å²) in [6.45, 7) is 3.36. The molecule has 0 heterocycles. The number of carboxylic acids is 1. The summed E-state index contributed by atoms with van der Waals surface area (Å²) in [6.07, 6.45) is 0.540. The third-order valence-electron chi connectivity index (χ3n) is 2.88. The summed E-state index contributed by atoms with van der Waals surface area (Å²) in [5.74, 6) is -1.19. The van der Waals surface area contributed by atoms with E-state index in [1.54, 1.807) is 13.8 Å². The van der Waals surface area contributed by atoms with Crippen LogP contribution in [0.5, 0.6) is 0 Å². The second kappa shape index (κ2) is 6.50. The number of rotatable bonds is 6. The molecule has 0 spiro atoms. The smallest absolute Gasteiger partial charge is 0.335 e. The normalized spacial score (nSPS) is 12.7. The number of carboxylic acid groups (broad SMARTS) is 1. The highest BCUT2D eigenvalue weighted by Gasteiger charge is 2.22. The maximum atomic E-state index is 12.3. The Bertz CT molecular complexity index is 647. The van der Waals surface area contributed by atoms with Gasteiger partial charge in [-0.2, -0.15) is 5.26 Å². The molecule has 1 unspecified atom stereocenters. The first-order chi connectivity index (χ1) is 9.31. The van der Waals surface area contributed by atoms with Crippen molar-refractivity contribution in [3.63, 3.8) is 0 Å². The van der Waals surface area contributed by atoms with Crippen LogP contribution >= 0.6 is 0 Å². The van der Waals surface area contributed by atoms with Crippen molar-refractivity contribution in [3.8, 4) is 6.07 Å². The van der Waals surface area contributed by atoms with Crippen LogP contribution in [0.3, 0.4) is 0 Å². The Labute approximate surface area is 118 Å². The lowest BCUT2D eigenvalue weighted by atomic mass is 10.1. The SMILES string of the molecule is CCC(CC#N)NS(=O)(=O)c1cc(C(=O)O)ccc1C. The zero-order valence-electron chi connectivity index (χ0n) is 11.3. The number of benzene rings is 1. The van der Waals surface area contributed by atoms with E-state index in [0.717, 1.165) is 6.07 Å². The zero-order valence-corrected chi connectivity index (χ0v) is 12.1. The van der Waals surface area contributed by atoms with E-state index in [9.17, 15) is 13.2 Å². The number of nitrogens with one attached hydrogen (secondary N) is 1. The molecule has 1 aromatic rings. The first-order valence-electron chi connectivity index (χ1n) is 6.05. The fourth-order valence-corrected chi connectivity index (χ4v) is 3.27. The minimum atomic E-state index is -3.84. The molecule has 0 aliphatic carbocycles. The molecule has 0 fully saturated rings. The number of aryl methyl sites for hydroxylation is 1. The lowest BCUT2D eigenvalue weighted by Gasteiger charge is -2.15. The number of hydrogen-bond donors (Lipinski definition) is 2. The predicted molar refractivity (Wildman–Crippen MR) is 72.8 cm³/mol. The lowest BCUT2D eigenvalue weighted by molar-refractivity contribution is 0.0696. The van der Waals surface area contributed by atoms with Crippen LogP contribution in [0.15, 0.2) is 23.1 Å². The van der Waals surface area contributed by atoms with E-state index < -0.39 is 22.0 Å². The Morgan fingerprint density at radius 1 is 1.50 bits per heavy atom. The molecule has 1 aromatic carbocycles. The fourth-order valence-electron chi connectivity index (χ4n) is 1.69. The first kappa shape index (κ1) is 16.1. The van der Waals surface area contributed by atoms with Gasteiger partial charge in [-0.3, -0.25) is 0 Å². The van der Waals surface area contributed by atoms with Crippen LogP contribution in [0.1, 0.15) is 35.7 Å². The number of nitrogens with zero attached hydrogens (tertiary/aromatic N) is 1. The Morgan fingerprint density at radius 2 is 2.15 bits per heavy atom. The van der Waals surface area contributed by atoms with Crippen molar-refractivity contribution in [1.29, 1.82) is 5.26 Å². The molecule has 0 saturated heterocycles. The highest BCUT2D eigenvalue weighted by atomic mass is 32.2. The van der Waals surface area contributed by atoms with Crippen molar-refractivity contribution >= 4 is 16.0 Å². The van der Waals surface area contributed by atoms with E-state index >= 15 is 0 Å². The summed E-state index contributed by atoms with van der Waals surface area (Å²) in [5.41, 5.74) is 0.360. The topological polar surface area (TPSA) is 107 Å². The molecule has 1 rings (SSSR count). The molecule has 0 aliphatic rings. The maximum Gasteiger partial charge on any atom is 0.335 e. The van der Waals surface area contributed by atoms with Gasteiger partial charge in [-0.15, -0.1) is 0 Å². The number of carbonyl (C=O) groups is 1.